The summed E-state index contributed by atoms with van der Waals surface area (Å²) < 4.78 is 14.2. The van der Waals surface area contributed by atoms with E-state index in [1.807, 2.05) is 22.7 Å². The maximum Gasteiger partial charge on any atom is 0.213 e. The molecule has 0 spiro atoms. The lowest BCUT2D eigenvalue weighted by molar-refractivity contribution is 0.658. The molecule has 0 N–H and O–H groups in total. The van der Waals surface area contributed by atoms with Gasteiger partial charge in [-0.05, 0) is 82.4 Å². The molecule has 4 heterocycles. The normalized spacial score (nSPS) is 11.9. The largest absolute Gasteiger partial charge is 0.438 e. The summed E-state index contributed by atoms with van der Waals surface area (Å²) in [5.74, 6) is 0. The Morgan fingerprint density at radius 3 is 1.52 bits per heavy atom. The van der Waals surface area contributed by atoms with E-state index in [0.29, 0.717) is 0 Å². The number of benzene rings is 9. The summed E-state index contributed by atoms with van der Waals surface area (Å²) in [5.41, 5.74) is 14.4. The number of rotatable bonds is 6. The molecular formula is C56H34N2OS2. The first-order valence-corrected chi connectivity index (χ1v) is 22.2. The first kappa shape index (κ1) is 34.4. The third kappa shape index (κ3) is 5.34. The minimum Gasteiger partial charge on any atom is -0.438 e. The second-order valence-electron chi connectivity index (χ2n) is 15.6. The zero-order chi connectivity index (χ0) is 40.0. The van der Waals surface area contributed by atoms with Gasteiger partial charge in [0, 0.05) is 42.0 Å². The number of hydrogen-bond donors (Lipinski definition) is 0. The molecule has 0 radical (unpaired) electrons. The van der Waals surface area contributed by atoms with Crippen molar-refractivity contribution in [2.45, 2.75) is 0 Å². The molecule has 13 aromatic rings. The van der Waals surface area contributed by atoms with E-state index in [2.05, 4.69) is 216 Å². The van der Waals surface area contributed by atoms with Crippen LogP contribution in [-0.2, 0) is 0 Å². The van der Waals surface area contributed by atoms with Crippen molar-refractivity contribution in [3.8, 4) is 33.4 Å². The Morgan fingerprint density at radius 2 is 0.885 bits per heavy atom. The Morgan fingerprint density at radius 1 is 0.377 bits per heavy atom. The molecule has 9 aromatic carbocycles. The van der Waals surface area contributed by atoms with Crippen LogP contribution >= 0.6 is 22.7 Å². The van der Waals surface area contributed by atoms with E-state index in [1.165, 1.54) is 68.2 Å². The molecule has 3 nitrogen and oxygen atoms in total. The zero-order valence-electron chi connectivity index (χ0n) is 32.7. The SMILES string of the molecule is c1ccc(-c2c3ccccc3n3c2oc2cc(-c4ccc(-c5ccc(N(c6cccc7c6sc6ccccc67)c6cccc7c6sc6ccccc67)cc5)cc4)ccc23)cc1. The minimum absolute atomic E-state index is 0.873. The molecule has 0 saturated heterocycles. The number of anilines is 3. The van der Waals surface area contributed by atoms with Gasteiger partial charge in [-0.25, -0.2) is 0 Å². The second-order valence-corrected chi connectivity index (χ2v) is 17.8. The molecule has 0 atom stereocenters. The van der Waals surface area contributed by atoms with Crippen molar-refractivity contribution in [2.75, 3.05) is 4.90 Å². The molecule has 0 saturated carbocycles. The molecule has 4 aromatic heterocycles. The molecule has 0 aliphatic heterocycles. The van der Waals surface area contributed by atoms with Crippen molar-refractivity contribution in [1.29, 1.82) is 0 Å². The van der Waals surface area contributed by atoms with Gasteiger partial charge in [-0.2, -0.15) is 0 Å². The van der Waals surface area contributed by atoms with Crippen LogP contribution in [-0.4, -0.2) is 4.40 Å². The topological polar surface area (TPSA) is 20.8 Å². The predicted molar refractivity (Wildman–Crippen MR) is 261 cm³/mol. The van der Waals surface area contributed by atoms with E-state index in [4.69, 9.17) is 4.42 Å². The van der Waals surface area contributed by atoms with Crippen molar-refractivity contribution in [3.63, 3.8) is 0 Å². The van der Waals surface area contributed by atoms with Gasteiger partial charge in [-0.1, -0.05) is 152 Å². The molecule has 0 amide bonds. The maximum atomic E-state index is 6.71. The number of aromatic nitrogens is 1. The van der Waals surface area contributed by atoms with Crippen LogP contribution in [0.15, 0.2) is 211 Å². The van der Waals surface area contributed by atoms with E-state index < -0.39 is 0 Å². The van der Waals surface area contributed by atoms with Crippen LogP contribution in [0.5, 0.6) is 0 Å². The summed E-state index contributed by atoms with van der Waals surface area (Å²) >= 11 is 3.74. The number of hydrogen-bond acceptors (Lipinski definition) is 4. The number of fused-ring (bicyclic) bond motifs is 11. The monoisotopic (exact) mass is 814 g/mol. The summed E-state index contributed by atoms with van der Waals surface area (Å²) in [5, 5.41) is 6.38. The van der Waals surface area contributed by atoms with Crippen molar-refractivity contribution < 1.29 is 4.42 Å². The van der Waals surface area contributed by atoms with E-state index in [9.17, 15) is 0 Å². The van der Waals surface area contributed by atoms with Crippen molar-refractivity contribution >= 4 is 108 Å². The van der Waals surface area contributed by atoms with Crippen molar-refractivity contribution in [3.05, 3.63) is 206 Å². The van der Waals surface area contributed by atoms with E-state index in [0.717, 1.165) is 50.3 Å². The third-order valence-corrected chi connectivity index (χ3v) is 14.6. The number of oxazole rings is 1. The Hall–Kier alpha value is -7.44. The van der Waals surface area contributed by atoms with E-state index in [-0.39, 0.29) is 0 Å². The highest BCUT2D eigenvalue weighted by Crippen LogP contribution is 2.49. The number of nitrogens with zero attached hydrogens (tertiary/aromatic N) is 2. The molecule has 0 aliphatic carbocycles. The molecule has 0 bridgehead atoms. The van der Waals surface area contributed by atoms with Crippen LogP contribution in [0.3, 0.4) is 0 Å². The Labute approximate surface area is 359 Å². The Bertz CT molecular complexity index is 3700. The van der Waals surface area contributed by atoms with Gasteiger partial charge in [-0.15, -0.1) is 22.7 Å². The van der Waals surface area contributed by atoms with Crippen LogP contribution in [0.1, 0.15) is 0 Å². The predicted octanol–water partition coefficient (Wildman–Crippen LogP) is 17.0. The van der Waals surface area contributed by atoms with Crippen molar-refractivity contribution in [1.82, 2.24) is 4.40 Å². The average Bonchev–Trinajstić information content (AvgIpc) is 4.08. The highest BCUT2D eigenvalue weighted by atomic mass is 32.1. The van der Waals surface area contributed by atoms with Crippen LogP contribution in [0.4, 0.5) is 17.1 Å². The van der Waals surface area contributed by atoms with E-state index in [1.54, 1.807) is 0 Å². The van der Waals surface area contributed by atoms with Gasteiger partial charge < -0.3 is 9.32 Å². The molecule has 0 aliphatic rings. The first-order chi connectivity index (χ1) is 30.2. The number of para-hydroxylation sites is 1. The van der Waals surface area contributed by atoms with Crippen LogP contribution in [0, 0.1) is 0 Å². The molecule has 0 unspecified atom stereocenters. The lowest BCUT2D eigenvalue weighted by atomic mass is 9.99. The fraction of sp³-hybridized carbons (Fsp3) is 0. The lowest BCUT2D eigenvalue weighted by Gasteiger charge is -2.27. The first-order valence-electron chi connectivity index (χ1n) is 20.6. The molecule has 61 heavy (non-hydrogen) atoms. The Balaban J connectivity index is 0.881. The standard InChI is InChI=1S/C56H34N2OS2/c1-2-12-38(13-3-1)53-45-16-4-7-19-46(45)58-47-33-30-39(34-50(47)59-56(53)58)37-26-24-35(25-27-37)36-28-31-40(32-29-36)57(48-20-10-17-43-41-14-5-8-22-51(41)60-54(43)48)49-21-11-18-44-42-15-6-9-23-52(42)61-55(44)49/h1-34H. The molecule has 286 valence electrons. The average molecular weight is 815 g/mol. The smallest absolute Gasteiger partial charge is 0.213 e. The van der Waals surface area contributed by atoms with Gasteiger partial charge in [0.25, 0.3) is 0 Å². The van der Waals surface area contributed by atoms with Crippen LogP contribution in [0.25, 0.3) is 101 Å². The van der Waals surface area contributed by atoms with Gasteiger partial charge in [0.05, 0.1) is 37.4 Å². The maximum absolute atomic E-state index is 6.71. The zero-order valence-corrected chi connectivity index (χ0v) is 34.4. The summed E-state index contributed by atoms with van der Waals surface area (Å²) in [6, 6.07) is 74.7. The molecular weight excluding hydrogens is 781 g/mol. The van der Waals surface area contributed by atoms with Gasteiger partial charge in [-0.3, -0.25) is 4.40 Å². The molecule has 0 fully saturated rings. The van der Waals surface area contributed by atoms with Gasteiger partial charge in [0.2, 0.25) is 5.71 Å². The van der Waals surface area contributed by atoms with Gasteiger partial charge in [0.1, 0.15) is 0 Å². The second kappa shape index (κ2) is 13.5. The molecule has 13 rings (SSSR count). The summed E-state index contributed by atoms with van der Waals surface area (Å²) in [6.07, 6.45) is 0. The Kier molecular flexibility index (Phi) is 7.65. The van der Waals surface area contributed by atoms with E-state index >= 15 is 0 Å². The number of thiophene rings is 2. The fourth-order valence-electron chi connectivity index (χ4n) is 9.38. The van der Waals surface area contributed by atoms with Crippen molar-refractivity contribution in [2.24, 2.45) is 0 Å². The minimum atomic E-state index is 0.873. The summed E-state index contributed by atoms with van der Waals surface area (Å²) in [7, 11) is 0. The quantitative estimate of drug-likeness (QED) is 0.167. The fourth-order valence-corrected chi connectivity index (χ4v) is 11.8. The summed E-state index contributed by atoms with van der Waals surface area (Å²) in [4.78, 5) is 2.47. The highest BCUT2D eigenvalue weighted by molar-refractivity contribution is 7.27. The lowest BCUT2D eigenvalue weighted by Crippen LogP contribution is -2.10. The summed E-state index contributed by atoms with van der Waals surface area (Å²) in [6.45, 7) is 0. The third-order valence-electron chi connectivity index (χ3n) is 12.2. The van der Waals surface area contributed by atoms with Crippen LogP contribution < -0.4 is 4.90 Å². The van der Waals surface area contributed by atoms with Gasteiger partial charge in [0.15, 0.2) is 5.58 Å². The van der Waals surface area contributed by atoms with Crippen LogP contribution in [0.2, 0.25) is 0 Å². The van der Waals surface area contributed by atoms with Gasteiger partial charge >= 0.3 is 0 Å². The highest BCUT2D eigenvalue weighted by Gasteiger charge is 2.22. The molecule has 5 heteroatoms.